The molecular formula is C30H29ClN2O3S. The molecule has 0 saturated heterocycles. The van der Waals surface area contributed by atoms with E-state index in [-0.39, 0.29) is 23.9 Å². The van der Waals surface area contributed by atoms with Crippen molar-refractivity contribution in [3.8, 4) is 0 Å². The van der Waals surface area contributed by atoms with Crippen molar-refractivity contribution < 1.29 is 13.2 Å². The fraction of sp³-hybridized carbons (Fsp3) is 0.167. The molecule has 0 aromatic heterocycles. The van der Waals surface area contributed by atoms with Crippen LogP contribution in [0.2, 0.25) is 5.02 Å². The Morgan fingerprint density at radius 2 is 1.22 bits per heavy atom. The second-order valence-corrected chi connectivity index (χ2v) is 11.2. The first-order chi connectivity index (χ1) is 17.8. The highest BCUT2D eigenvalue weighted by Crippen LogP contribution is 2.22. The van der Waals surface area contributed by atoms with Crippen LogP contribution >= 0.6 is 11.6 Å². The lowest BCUT2D eigenvalue weighted by Crippen LogP contribution is -2.42. The molecular weight excluding hydrogens is 504 g/mol. The molecule has 0 bridgehead atoms. The van der Waals surface area contributed by atoms with Crippen molar-refractivity contribution in [1.29, 1.82) is 0 Å². The Bertz CT molecular complexity index is 1390. The molecule has 5 nitrogen and oxygen atoms in total. The minimum Gasteiger partial charge on any atom is -0.333 e. The number of benzene rings is 4. The van der Waals surface area contributed by atoms with Crippen LogP contribution in [-0.2, 0) is 34.5 Å². The third kappa shape index (κ3) is 7.07. The van der Waals surface area contributed by atoms with Crippen molar-refractivity contribution in [1.82, 2.24) is 9.21 Å². The van der Waals surface area contributed by atoms with Gasteiger partial charge in [0.05, 0.1) is 11.4 Å². The maximum absolute atomic E-state index is 13.8. The van der Waals surface area contributed by atoms with Crippen LogP contribution in [0.1, 0.15) is 22.3 Å². The largest absolute Gasteiger partial charge is 0.333 e. The minimum atomic E-state index is -3.98. The highest BCUT2D eigenvalue weighted by Gasteiger charge is 2.29. The monoisotopic (exact) mass is 532 g/mol. The summed E-state index contributed by atoms with van der Waals surface area (Å²) in [5.41, 5.74) is 3.73. The summed E-state index contributed by atoms with van der Waals surface area (Å²) in [5.74, 6) is -0.279. The number of rotatable bonds is 10. The molecule has 4 rings (SSSR count). The molecule has 0 aliphatic carbocycles. The molecule has 4 aromatic rings. The summed E-state index contributed by atoms with van der Waals surface area (Å²) in [6.07, 6.45) is 0. The number of hydrogen-bond acceptors (Lipinski definition) is 3. The van der Waals surface area contributed by atoms with Gasteiger partial charge in [-0.1, -0.05) is 96.5 Å². The van der Waals surface area contributed by atoms with Gasteiger partial charge in [-0.25, -0.2) is 8.42 Å². The normalized spacial score (nSPS) is 11.4. The third-order valence-electron chi connectivity index (χ3n) is 6.16. The molecule has 4 aromatic carbocycles. The molecule has 0 fully saturated rings. The van der Waals surface area contributed by atoms with Crippen LogP contribution in [0.5, 0.6) is 0 Å². The third-order valence-corrected chi connectivity index (χ3v) is 8.21. The van der Waals surface area contributed by atoms with Crippen LogP contribution in [0.15, 0.2) is 114 Å². The summed E-state index contributed by atoms with van der Waals surface area (Å²) in [7, 11) is -3.98. The molecule has 0 aliphatic heterocycles. The molecule has 7 heteroatoms. The van der Waals surface area contributed by atoms with Crippen molar-refractivity contribution in [3.05, 3.63) is 136 Å². The zero-order chi connectivity index (χ0) is 26.3. The van der Waals surface area contributed by atoms with E-state index in [0.717, 1.165) is 22.3 Å². The van der Waals surface area contributed by atoms with Crippen LogP contribution in [0, 0.1) is 6.92 Å². The molecule has 0 N–H and O–H groups in total. The average molecular weight is 533 g/mol. The van der Waals surface area contributed by atoms with Gasteiger partial charge in [-0.05, 0) is 53.4 Å². The Labute approximate surface area is 224 Å². The van der Waals surface area contributed by atoms with Crippen LogP contribution in [0.3, 0.4) is 0 Å². The number of halogens is 1. The Hall–Kier alpha value is -3.45. The van der Waals surface area contributed by atoms with E-state index in [1.54, 1.807) is 17.0 Å². The van der Waals surface area contributed by atoms with Crippen LogP contribution in [0.4, 0.5) is 0 Å². The SMILES string of the molecule is Cc1ccccc1CN(CC(=O)N(Cc1ccccc1)Cc1ccccc1)S(=O)(=O)c1ccc(Cl)cc1. The van der Waals surface area contributed by atoms with Crippen LogP contribution in [0.25, 0.3) is 0 Å². The molecule has 1 amide bonds. The predicted octanol–water partition coefficient (Wildman–Crippen LogP) is 6.07. The molecule has 0 saturated carbocycles. The maximum atomic E-state index is 13.8. The van der Waals surface area contributed by atoms with E-state index in [4.69, 9.17) is 11.6 Å². The maximum Gasteiger partial charge on any atom is 0.243 e. The number of hydrogen-bond donors (Lipinski definition) is 0. The van der Waals surface area contributed by atoms with E-state index in [9.17, 15) is 13.2 Å². The van der Waals surface area contributed by atoms with Crippen molar-refractivity contribution in [2.45, 2.75) is 31.5 Å². The van der Waals surface area contributed by atoms with Gasteiger partial charge in [0.2, 0.25) is 15.9 Å². The van der Waals surface area contributed by atoms with E-state index in [2.05, 4.69) is 0 Å². The average Bonchev–Trinajstić information content (AvgIpc) is 2.90. The number of aryl methyl sites for hydroxylation is 1. The van der Waals surface area contributed by atoms with Gasteiger partial charge in [-0.3, -0.25) is 4.79 Å². The first-order valence-electron chi connectivity index (χ1n) is 12.0. The van der Waals surface area contributed by atoms with Gasteiger partial charge in [0, 0.05) is 24.7 Å². The van der Waals surface area contributed by atoms with Gasteiger partial charge < -0.3 is 4.90 Å². The Morgan fingerprint density at radius 1 is 0.703 bits per heavy atom. The van der Waals surface area contributed by atoms with Gasteiger partial charge >= 0.3 is 0 Å². The second kappa shape index (κ2) is 12.2. The molecule has 0 atom stereocenters. The smallest absolute Gasteiger partial charge is 0.243 e. The van der Waals surface area contributed by atoms with E-state index >= 15 is 0 Å². The van der Waals surface area contributed by atoms with Crippen molar-refractivity contribution in [2.24, 2.45) is 0 Å². The van der Waals surface area contributed by atoms with Crippen molar-refractivity contribution in [3.63, 3.8) is 0 Å². The summed E-state index contributed by atoms with van der Waals surface area (Å²) in [5, 5.41) is 0.442. The zero-order valence-corrected chi connectivity index (χ0v) is 22.2. The summed E-state index contributed by atoms with van der Waals surface area (Å²) >= 11 is 6.00. The van der Waals surface area contributed by atoms with Gasteiger partial charge in [-0.15, -0.1) is 0 Å². The fourth-order valence-electron chi connectivity index (χ4n) is 4.05. The highest BCUT2D eigenvalue weighted by atomic mass is 35.5. The molecule has 37 heavy (non-hydrogen) atoms. The number of nitrogens with zero attached hydrogens (tertiary/aromatic N) is 2. The van der Waals surface area contributed by atoms with Gasteiger partial charge in [0.1, 0.15) is 0 Å². The molecule has 0 radical (unpaired) electrons. The lowest BCUT2D eigenvalue weighted by molar-refractivity contribution is -0.132. The first-order valence-corrected chi connectivity index (χ1v) is 13.8. The quantitative estimate of drug-likeness (QED) is 0.249. The molecule has 0 unspecified atom stereocenters. The Morgan fingerprint density at radius 3 is 1.76 bits per heavy atom. The molecule has 0 aliphatic rings. The summed E-state index contributed by atoms with van der Waals surface area (Å²) in [6.45, 7) is 2.45. The lowest BCUT2D eigenvalue weighted by atomic mass is 10.1. The standard InChI is InChI=1S/C30H29ClN2O3S/c1-24-10-8-9-15-27(24)22-33(37(35,36)29-18-16-28(31)17-19-29)23-30(34)32(20-25-11-4-2-5-12-25)21-26-13-6-3-7-14-26/h2-19H,20-23H2,1H3. The van der Waals surface area contributed by atoms with E-state index in [0.29, 0.717) is 18.1 Å². The van der Waals surface area contributed by atoms with Gasteiger partial charge in [0.15, 0.2) is 0 Å². The van der Waals surface area contributed by atoms with Gasteiger partial charge in [-0.2, -0.15) is 4.31 Å². The number of carbonyl (C=O) groups is 1. The van der Waals surface area contributed by atoms with Crippen LogP contribution < -0.4 is 0 Å². The number of carbonyl (C=O) groups excluding carboxylic acids is 1. The van der Waals surface area contributed by atoms with E-state index < -0.39 is 10.0 Å². The predicted molar refractivity (Wildman–Crippen MR) is 147 cm³/mol. The topological polar surface area (TPSA) is 57.7 Å². The molecule has 0 spiro atoms. The minimum absolute atomic E-state index is 0.0773. The van der Waals surface area contributed by atoms with E-state index in [1.807, 2.05) is 91.9 Å². The Balaban J connectivity index is 1.66. The Kier molecular flexibility index (Phi) is 8.77. The first kappa shape index (κ1) is 26.6. The number of amides is 1. The van der Waals surface area contributed by atoms with E-state index in [1.165, 1.54) is 16.4 Å². The summed E-state index contributed by atoms with van der Waals surface area (Å²) in [4.78, 5) is 15.6. The van der Waals surface area contributed by atoms with Crippen LogP contribution in [-0.4, -0.2) is 30.1 Å². The zero-order valence-electron chi connectivity index (χ0n) is 20.6. The number of sulfonamides is 1. The second-order valence-electron chi connectivity index (χ2n) is 8.87. The highest BCUT2D eigenvalue weighted by molar-refractivity contribution is 7.89. The van der Waals surface area contributed by atoms with Crippen molar-refractivity contribution >= 4 is 27.5 Å². The van der Waals surface area contributed by atoms with Gasteiger partial charge in [0.25, 0.3) is 0 Å². The summed E-state index contributed by atoms with van der Waals surface area (Å²) < 4.78 is 28.7. The van der Waals surface area contributed by atoms with Crippen molar-refractivity contribution in [2.75, 3.05) is 6.54 Å². The fourth-order valence-corrected chi connectivity index (χ4v) is 5.54. The summed E-state index contributed by atoms with van der Waals surface area (Å²) in [6, 6.07) is 33.0. The molecule has 190 valence electrons. The lowest BCUT2D eigenvalue weighted by Gasteiger charge is -2.28. The molecule has 0 heterocycles.